The van der Waals surface area contributed by atoms with E-state index in [4.69, 9.17) is 9.52 Å². The first kappa shape index (κ1) is 15.7. The number of thiophene rings is 1. The molecule has 0 saturated carbocycles. The fourth-order valence-electron chi connectivity index (χ4n) is 1.83. The Kier molecular flexibility index (Phi) is 4.22. The molecule has 2 heterocycles. The van der Waals surface area contributed by atoms with Gasteiger partial charge in [0.05, 0.1) is 6.04 Å². The molecule has 8 heteroatoms. The molecule has 2 aromatic rings. The van der Waals surface area contributed by atoms with Gasteiger partial charge >= 0.3 is 5.97 Å². The summed E-state index contributed by atoms with van der Waals surface area (Å²) >= 11 is 0.736. The van der Waals surface area contributed by atoms with Crippen molar-refractivity contribution in [1.29, 1.82) is 0 Å². The number of aromatic carboxylic acids is 1. The second-order valence-corrected chi connectivity index (χ2v) is 7.67. The van der Waals surface area contributed by atoms with Crippen LogP contribution in [0.3, 0.4) is 0 Å². The summed E-state index contributed by atoms with van der Waals surface area (Å²) in [6.07, 6.45) is 0. The Morgan fingerprint density at radius 1 is 1.38 bits per heavy atom. The van der Waals surface area contributed by atoms with Gasteiger partial charge in [0.2, 0.25) is 0 Å². The van der Waals surface area contributed by atoms with Crippen LogP contribution in [0.4, 0.5) is 0 Å². The van der Waals surface area contributed by atoms with E-state index in [1.165, 1.54) is 6.07 Å². The van der Waals surface area contributed by atoms with Crippen molar-refractivity contribution in [2.24, 2.45) is 0 Å². The van der Waals surface area contributed by atoms with E-state index in [1.807, 2.05) is 0 Å². The summed E-state index contributed by atoms with van der Waals surface area (Å²) in [7, 11) is -3.79. The van der Waals surface area contributed by atoms with Gasteiger partial charge < -0.3 is 9.52 Å². The van der Waals surface area contributed by atoms with Crippen LogP contribution in [0.5, 0.6) is 0 Å². The van der Waals surface area contributed by atoms with Crippen LogP contribution in [-0.2, 0) is 10.0 Å². The zero-order valence-electron chi connectivity index (χ0n) is 11.7. The smallest absolute Gasteiger partial charge is 0.346 e. The molecule has 0 spiro atoms. The fraction of sp³-hybridized carbons (Fsp3) is 0.308. The Morgan fingerprint density at radius 3 is 2.52 bits per heavy atom. The normalized spacial score (nSPS) is 13.3. The van der Waals surface area contributed by atoms with E-state index in [0.29, 0.717) is 17.1 Å². The van der Waals surface area contributed by atoms with Crippen LogP contribution in [-0.4, -0.2) is 19.5 Å². The Labute approximate surface area is 126 Å². The summed E-state index contributed by atoms with van der Waals surface area (Å²) < 4.78 is 32.4. The topological polar surface area (TPSA) is 96.6 Å². The molecule has 2 rings (SSSR count). The van der Waals surface area contributed by atoms with Gasteiger partial charge in [0.1, 0.15) is 20.6 Å². The van der Waals surface area contributed by atoms with E-state index < -0.39 is 22.0 Å². The van der Waals surface area contributed by atoms with Crippen LogP contribution in [0.15, 0.2) is 26.8 Å². The standard InChI is InChI=1S/C13H15NO5S2/c1-7-6-11(20-12(7)13(15)16)21(17,18)14-9(3)10-5-4-8(2)19-10/h4-6,9,14H,1-3H3,(H,15,16). The zero-order valence-corrected chi connectivity index (χ0v) is 13.3. The molecule has 6 nitrogen and oxygen atoms in total. The molecule has 0 aliphatic rings. The van der Waals surface area contributed by atoms with Crippen molar-refractivity contribution in [3.8, 4) is 0 Å². The molecule has 0 aromatic carbocycles. The average molecular weight is 329 g/mol. The number of hydrogen-bond acceptors (Lipinski definition) is 5. The van der Waals surface area contributed by atoms with Gasteiger partial charge in [-0.05, 0) is 44.5 Å². The molecule has 0 fully saturated rings. The highest BCUT2D eigenvalue weighted by atomic mass is 32.2. The molecular weight excluding hydrogens is 314 g/mol. The number of aryl methyl sites for hydroxylation is 2. The lowest BCUT2D eigenvalue weighted by Crippen LogP contribution is -2.25. The van der Waals surface area contributed by atoms with Gasteiger partial charge in [-0.3, -0.25) is 0 Å². The van der Waals surface area contributed by atoms with Crippen molar-refractivity contribution in [1.82, 2.24) is 4.72 Å². The van der Waals surface area contributed by atoms with Gasteiger partial charge in [0.25, 0.3) is 10.0 Å². The molecule has 0 saturated heterocycles. The molecule has 0 radical (unpaired) electrons. The van der Waals surface area contributed by atoms with E-state index in [0.717, 1.165) is 11.3 Å². The van der Waals surface area contributed by atoms with Crippen LogP contribution < -0.4 is 4.72 Å². The van der Waals surface area contributed by atoms with Crippen molar-refractivity contribution in [2.45, 2.75) is 31.0 Å². The van der Waals surface area contributed by atoms with Crippen molar-refractivity contribution >= 4 is 27.3 Å². The Bertz CT molecular complexity index is 772. The Balaban J connectivity index is 2.26. The van der Waals surface area contributed by atoms with E-state index in [2.05, 4.69) is 4.72 Å². The van der Waals surface area contributed by atoms with Gasteiger partial charge in [-0.2, -0.15) is 0 Å². The Morgan fingerprint density at radius 2 is 2.05 bits per heavy atom. The summed E-state index contributed by atoms with van der Waals surface area (Å²) in [6.45, 7) is 5.00. The molecule has 1 unspecified atom stereocenters. The van der Waals surface area contributed by atoms with Crippen LogP contribution in [0, 0.1) is 13.8 Å². The molecule has 2 N–H and O–H groups in total. The molecule has 0 amide bonds. The summed E-state index contributed by atoms with van der Waals surface area (Å²) in [5.74, 6) is 0.0626. The molecule has 0 bridgehead atoms. The van der Waals surface area contributed by atoms with E-state index >= 15 is 0 Å². The second-order valence-electron chi connectivity index (χ2n) is 4.67. The number of nitrogens with one attached hydrogen (secondary N) is 1. The predicted octanol–water partition coefficient (Wildman–Crippen LogP) is 2.70. The maximum Gasteiger partial charge on any atom is 0.346 e. The number of sulfonamides is 1. The fourth-order valence-corrected chi connectivity index (χ4v) is 4.44. The monoisotopic (exact) mass is 329 g/mol. The zero-order chi connectivity index (χ0) is 15.8. The summed E-state index contributed by atoms with van der Waals surface area (Å²) in [6, 6.07) is 4.26. The van der Waals surface area contributed by atoms with Crippen LogP contribution in [0.1, 0.15) is 39.7 Å². The predicted molar refractivity (Wildman–Crippen MR) is 78.2 cm³/mol. The first-order valence-electron chi connectivity index (χ1n) is 6.13. The largest absolute Gasteiger partial charge is 0.477 e. The molecule has 0 aliphatic carbocycles. The van der Waals surface area contributed by atoms with Crippen LogP contribution >= 0.6 is 11.3 Å². The molecule has 21 heavy (non-hydrogen) atoms. The Hall–Kier alpha value is -1.64. The van der Waals surface area contributed by atoms with Gasteiger partial charge in [-0.15, -0.1) is 11.3 Å². The minimum absolute atomic E-state index is 0.0208. The third kappa shape index (κ3) is 3.34. The van der Waals surface area contributed by atoms with E-state index in [1.54, 1.807) is 32.9 Å². The summed E-state index contributed by atoms with van der Waals surface area (Å²) in [5, 5.41) is 8.99. The third-order valence-electron chi connectivity index (χ3n) is 2.87. The maximum absolute atomic E-state index is 12.3. The van der Waals surface area contributed by atoms with Gasteiger partial charge in [0, 0.05) is 0 Å². The van der Waals surface area contributed by atoms with Crippen LogP contribution in [0.2, 0.25) is 0 Å². The molecule has 2 aromatic heterocycles. The lowest BCUT2D eigenvalue weighted by Gasteiger charge is -2.10. The maximum atomic E-state index is 12.3. The number of rotatable bonds is 5. The number of furan rings is 1. The van der Waals surface area contributed by atoms with Gasteiger partial charge in [0.15, 0.2) is 0 Å². The van der Waals surface area contributed by atoms with Gasteiger partial charge in [-0.25, -0.2) is 17.9 Å². The second kappa shape index (κ2) is 5.63. The number of carboxylic acids is 1. The number of carbonyl (C=O) groups is 1. The number of hydrogen-bond donors (Lipinski definition) is 2. The number of carboxylic acid groups (broad SMARTS) is 1. The molecule has 1 atom stereocenters. The highest BCUT2D eigenvalue weighted by Gasteiger charge is 2.24. The third-order valence-corrected chi connectivity index (χ3v) is 6.11. The lowest BCUT2D eigenvalue weighted by molar-refractivity contribution is 0.0701. The first-order valence-corrected chi connectivity index (χ1v) is 8.43. The van der Waals surface area contributed by atoms with Crippen molar-refractivity contribution in [3.05, 3.63) is 40.2 Å². The highest BCUT2D eigenvalue weighted by Crippen LogP contribution is 2.27. The van der Waals surface area contributed by atoms with Crippen molar-refractivity contribution in [3.63, 3.8) is 0 Å². The first-order chi connectivity index (χ1) is 9.70. The molecule has 114 valence electrons. The lowest BCUT2D eigenvalue weighted by atomic mass is 10.3. The average Bonchev–Trinajstić information content (AvgIpc) is 2.95. The quantitative estimate of drug-likeness (QED) is 0.879. The molecular formula is C13H15NO5S2. The minimum atomic E-state index is -3.79. The summed E-state index contributed by atoms with van der Waals surface area (Å²) in [5.41, 5.74) is 0.425. The van der Waals surface area contributed by atoms with Crippen molar-refractivity contribution < 1.29 is 22.7 Å². The summed E-state index contributed by atoms with van der Waals surface area (Å²) in [4.78, 5) is 11.0. The van der Waals surface area contributed by atoms with E-state index in [9.17, 15) is 13.2 Å². The van der Waals surface area contributed by atoms with E-state index in [-0.39, 0.29) is 9.09 Å². The highest BCUT2D eigenvalue weighted by molar-refractivity contribution is 7.91. The van der Waals surface area contributed by atoms with Gasteiger partial charge in [-0.1, -0.05) is 0 Å². The molecule has 0 aliphatic heterocycles. The van der Waals surface area contributed by atoms with Crippen LogP contribution in [0.25, 0.3) is 0 Å². The van der Waals surface area contributed by atoms with Crippen molar-refractivity contribution in [2.75, 3.05) is 0 Å². The SMILES string of the molecule is Cc1ccc(C(C)NS(=O)(=O)c2cc(C)c(C(=O)O)s2)o1. The minimum Gasteiger partial charge on any atom is -0.477 e.